The van der Waals surface area contributed by atoms with E-state index in [-0.39, 0.29) is 30.6 Å². The van der Waals surface area contributed by atoms with Crippen molar-refractivity contribution >= 4 is 17.7 Å². The third-order valence-corrected chi connectivity index (χ3v) is 2.43. The summed E-state index contributed by atoms with van der Waals surface area (Å²) in [5, 5.41) is 2.58. The molecular weight excluding hydrogens is 210 g/mol. The lowest BCUT2D eigenvalue weighted by atomic mass is 10.1. The highest BCUT2D eigenvalue weighted by atomic mass is 16.5. The first kappa shape index (κ1) is 12.7. The third-order valence-electron chi connectivity index (χ3n) is 2.43. The fourth-order valence-corrected chi connectivity index (χ4v) is 1.32. The summed E-state index contributed by atoms with van der Waals surface area (Å²) in [6, 6.07) is -0.743. The van der Waals surface area contributed by atoms with Gasteiger partial charge in [-0.2, -0.15) is 0 Å². The highest BCUT2D eigenvalue weighted by Gasteiger charge is 2.32. The number of carbonyl (C=O) groups excluding carboxylic acids is 3. The molecule has 5 nitrogen and oxygen atoms in total. The minimum absolute atomic E-state index is 0.0315. The largest absolute Gasteiger partial charge is 0.466 e. The van der Waals surface area contributed by atoms with Gasteiger partial charge in [-0.05, 0) is 26.7 Å². The van der Waals surface area contributed by atoms with E-state index in [4.69, 9.17) is 4.74 Å². The predicted molar refractivity (Wildman–Crippen MR) is 56.6 cm³/mol. The molecule has 1 aliphatic carbocycles. The van der Waals surface area contributed by atoms with Gasteiger partial charge in [0.05, 0.1) is 19.1 Å². The van der Waals surface area contributed by atoms with Gasteiger partial charge in [-0.1, -0.05) is 0 Å². The first-order valence-electron chi connectivity index (χ1n) is 5.51. The number of Topliss-reactive ketones (excluding diaryl/α,β-unsaturated/α-hetero) is 1. The molecule has 5 heteroatoms. The molecule has 16 heavy (non-hydrogen) atoms. The molecule has 0 aromatic carbocycles. The number of esters is 1. The van der Waals surface area contributed by atoms with E-state index in [2.05, 4.69) is 5.32 Å². The number of carbonyl (C=O) groups is 3. The molecule has 0 heterocycles. The topological polar surface area (TPSA) is 72.5 Å². The molecule has 0 saturated heterocycles. The molecule has 1 atom stereocenters. The Morgan fingerprint density at radius 1 is 1.38 bits per heavy atom. The molecule has 0 radical (unpaired) electrons. The van der Waals surface area contributed by atoms with Crippen molar-refractivity contribution in [3.8, 4) is 0 Å². The molecule has 0 bridgehead atoms. The van der Waals surface area contributed by atoms with Gasteiger partial charge in [-0.3, -0.25) is 14.4 Å². The van der Waals surface area contributed by atoms with Crippen molar-refractivity contribution in [2.24, 2.45) is 5.92 Å². The Labute approximate surface area is 94.5 Å². The van der Waals surface area contributed by atoms with Crippen LogP contribution in [0, 0.1) is 5.92 Å². The van der Waals surface area contributed by atoms with Gasteiger partial charge in [-0.25, -0.2) is 0 Å². The summed E-state index contributed by atoms with van der Waals surface area (Å²) in [6.45, 7) is 3.33. The summed E-state index contributed by atoms with van der Waals surface area (Å²) in [4.78, 5) is 33.9. The van der Waals surface area contributed by atoms with E-state index in [1.54, 1.807) is 6.92 Å². The van der Waals surface area contributed by atoms with Crippen LogP contribution < -0.4 is 5.32 Å². The lowest BCUT2D eigenvalue weighted by molar-refractivity contribution is -0.145. The number of ether oxygens (including phenoxy) is 1. The van der Waals surface area contributed by atoms with Crippen molar-refractivity contribution in [3.05, 3.63) is 0 Å². The van der Waals surface area contributed by atoms with Crippen LogP contribution in [0.25, 0.3) is 0 Å². The molecule has 1 fully saturated rings. The van der Waals surface area contributed by atoms with Crippen molar-refractivity contribution in [2.75, 3.05) is 6.61 Å². The van der Waals surface area contributed by atoms with Gasteiger partial charge in [0, 0.05) is 5.92 Å². The van der Waals surface area contributed by atoms with Crippen LogP contribution in [0.4, 0.5) is 0 Å². The number of amides is 1. The van der Waals surface area contributed by atoms with Crippen LogP contribution in [0.2, 0.25) is 0 Å². The van der Waals surface area contributed by atoms with Gasteiger partial charge < -0.3 is 10.1 Å². The molecule has 1 saturated carbocycles. The lowest BCUT2D eigenvalue weighted by Gasteiger charge is -2.14. The van der Waals surface area contributed by atoms with Gasteiger partial charge in [0.15, 0.2) is 5.78 Å². The first-order chi connectivity index (χ1) is 7.54. The van der Waals surface area contributed by atoms with Gasteiger partial charge in [0.25, 0.3) is 0 Å². The normalized spacial score (nSPS) is 16.4. The molecule has 1 aliphatic rings. The Morgan fingerprint density at radius 3 is 2.44 bits per heavy atom. The number of nitrogens with one attached hydrogen (secondary N) is 1. The minimum Gasteiger partial charge on any atom is -0.466 e. The summed E-state index contributed by atoms with van der Waals surface area (Å²) < 4.78 is 4.74. The Kier molecular flexibility index (Phi) is 4.46. The zero-order valence-electron chi connectivity index (χ0n) is 9.62. The molecule has 0 aromatic rings. The Balaban J connectivity index is 2.43. The number of hydrogen-bond donors (Lipinski definition) is 1. The van der Waals surface area contributed by atoms with Gasteiger partial charge >= 0.3 is 5.97 Å². The fourth-order valence-electron chi connectivity index (χ4n) is 1.32. The molecule has 1 unspecified atom stereocenters. The molecule has 0 spiro atoms. The second-order valence-corrected chi connectivity index (χ2v) is 3.96. The molecule has 90 valence electrons. The fraction of sp³-hybridized carbons (Fsp3) is 0.727. The van der Waals surface area contributed by atoms with E-state index in [9.17, 15) is 14.4 Å². The minimum atomic E-state index is -0.743. The van der Waals surface area contributed by atoms with Crippen molar-refractivity contribution in [2.45, 2.75) is 39.2 Å². The first-order valence-corrected chi connectivity index (χ1v) is 5.51. The van der Waals surface area contributed by atoms with E-state index in [1.807, 2.05) is 0 Å². The average Bonchev–Trinajstić information content (AvgIpc) is 2.99. The van der Waals surface area contributed by atoms with Crippen LogP contribution in [0.1, 0.15) is 33.1 Å². The van der Waals surface area contributed by atoms with Crippen molar-refractivity contribution in [1.29, 1.82) is 0 Å². The smallest absolute Gasteiger partial charge is 0.308 e. The maximum Gasteiger partial charge on any atom is 0.308 e. The zero-order valence-corrected chi connectivity index (χ0v) is 9.62. The molecule has 1 rings (SSSR count). The zero-order chi connectivity index (χ0) is 12.1. The standard InChI is InChI=1S/C11H17NO4/c1-3-16-10(14)6-9(7(2)13)12-11(15)8-4-5-8/h8-9H,3-6H2,1-2H3,(H,12,15). The third kappa shape index (κ3) is 4.00. The van der Waals surface area contributed by atoms with Crippen LogP contribution in [0.5, 0.6) is 0 Å². The SMILES string of the molecule is CCOC(=O)CC(NC(=O)C1CC1)C(C)=O. The van der Waals surface area contributed by atoms with Crippen LogP contribution in [-0.2, 0) is 19.1 Å². The molecule has 1 amide bonds. The maximum atomic E-state index is 11.4. The van der Waals surface area contributed by atoms with Gasteiger partial charge in [0.2, 0.25) is 5.91 Å². The Hall–Kier alpha value is -1.39. The molecule has 0 aromatic heterocycles. The van der Waals surface area contributed by atoms with E-state index in [0.717, 1.165) is 12.8 Å². The van der Waals surface area contributed by atoms with E-state index in [0.29, 0.717) is 0 Å². The van der Waals surface area contributed by atoms with Gasteiger partial charge in [-0.15, -0.1) is 0 Å². The summed E-state index contributed by atoms with van der Waals surface area (Å²) in [5.74, 6) is -0.783. The highest BCUT2D eigenvalue weighted by molar-refractivity contribution is 5.91. The highest BCUT2D eigenvalue weighted by Crippen LogP contribution is 2.28. The van der Waals surface area contributed by atoms with E-state index in [1.165, 1.54) is 6.92 Å². The summed E-state index contributed by atoms with van der Waals surface area (Å²) in [6.07, 6.45) is 1.66. The van der Waals surface area contributed by atoms with Crippen LogP contribution in [0.15, 0.2) is 0 Å². The van der Waals surface area contributed by atoms with Crippen LogP contribution in [0.3, 0.4) is 0 Å². The van der Waals surface area contributed by atoms with Crippen molar-refractivity contribution < 1.29 is 19.1 Å². The van der Waals surface area contributed by atoms with E-state index < -0.39 is 12.0 Å². The number of ketones is 1. The molecule has 0 aliphatic heterocycles. The number of hydrogen-bond acceptors (Lipinski definition) is 4. The van der Waals surface area contributed by atoms with Gasteiger partial charge in [0.1, 0.15) is 0 Å². The van der Waals surface area contributed by atoms with Crippen LogP contribution in [-0.4, -0.2) is 30.3 Å². The monoisotopic (exact) mass is 227 g/mol. The molecule has 1 N–H and O–H groups in total. The second kappa shape index (κ2) is 5.63. The average molecular weight is 227 g/mol. The quantitative estimate of drug-likeness (QED) is 0.668. The Morgan fingerprint density at radius 2 is 2.00 bits per heavy atom. The van der Waals surface area contributed by atoms with E-state index >= 15 is 0 Å². The van der Waals surface area contributed by atoms with Crippen molar-refractivity contribution in [1.82, 2.24) is 5.32 Å². The molecular formula is C11H17NO4. The summed E-state index contributed by atoms with van der Waals surface area (Å²) in [5.41, 5.74) is 0. The number of rotatable bonds is 6. The predicted octanol–water partition coefficient (Wildman–Crippen LogP) is 0.423. The lowest BCUT2D eigenvalue weighted by Crippen LogP contribution is -2.42. The summed E-state index contributed by atoms with van der Waals surface area (Å²) in [7, 11) is 0. The summed E-state index contributed by atoms with van der Waals surface area (Å²) >= 11 is 0. The Bertz CT molecular complexity index is 296. The van der Waals surface area contributed by atoms with Crippen LogP contribution >= 0.6 is 0 Å². The van der Waals surface area contributed by atoms with Crippen molar-refractivity contribution in [3.63, 3.8) is 0 Å². The maximum absolute atomic E-state index is 11.4. The second-order valence-electron chi connectivity index (χ2n) is 3.96.